The van der Waals surface area contributed by atoms with Crippen molar-refractivity contribution in [3.05, 3.63) is 69.9 Å². The monoisotopic (exact) mass is 416 g/mol. The Balaban J connectivity index is 2.02. The van der Waals surface area contributed by atoms with Crippen LogP contribution in [0.4, 0.5) is 0 Å². The summed E-state index contributed by atoms with van der Waals surface area (Å²) >= 11 is 11.4. The lowest BCUT2D eigenvalue weighted by molar-refractivity contribution is -0.114. The van der Waals surface area contributed by atoms with Gasteiger partial charge in [0.15, 0.2) is 22.4 Å². The highest BCUT2D eigenvalue weighted by Crippen LogP contribution is 2.39. The highest BCUT2D eigenvalue weighted by Gasteiger charge is 2.31. The molecule has 1 unspecified atom stereocenters. The van der Waals surface area contributed by atoms with Gasteiger partial charge < -0.3 is 20.1 Å². The molecule has 1 atom stereocenters. The summed E-state index contributed by atoms with van der Waals surface area (Å²) in [6, 6.07) is 12.6. The van der Waals surface area contributed by atoms with Crippen LogP contribution in [0.1, 0.15) is 31.0 Å². The summed E-state index contributed by atoms with van der Waals surface area (Å²) in [5, 5.41) is 7.29. The zero-order valence-electron chi connectivity index (χ0n) is 15.8. The molecule has 2 aromatic carbocycles. The number of hydrogen-bond acceptors (Lipinski definition) is 4. The van der Waals surface area contributed by atoms with E-state index in [1.54, 1.807) is 7.11 Å². The van der Waals surface area contributed by atoms with Gasteiger partial charge in [-0.1, -0.05) is 35.9 Å². The zero-order chi connectivity index (χ0) is 20.3. The fraction of sp³-hybridized carbons (Fsp3) is 0.238. The van der Waals surface area contributed by atoms with Crippen LogP contribution in [0.15, 0.2) is 53.7 Å². The van der Waals surface area contributed by atoms with Gasteiger partial charge >= 0.3 is 0 Å². The number of methoxy groups -OCH3 is 1. The van der Waals surface area contributed by atoms with Gasteiger partial charge in [-0.3, -0.25) is 4.79 Å². The zero-order valence-corrected chi connectivity index (χ0v) is 17.4. The lowest BCUT2D eigenvalue weighted by atomic mass is 9.92. The third-order valence-corrected chi connectivity index (χ3v) is 4.92. The summed E-state index contributed by atoms with van der Waals surface area (Å²) in [4.78, 5) is 12.3. The number of rotatable bonds is 6. The number of carbonyl (C=O) groups excluding carboxylic acids is 1. The van der Waals surface area contributed by atoms with Crippen LogP contribution in [-0.4, -0.2) is 18.0 Å². The van der Waals surface area contributed by atoms with E-state index in [0.29, 0.717) is 33.8 Å². The SMILES string of the molecule is COc1cccc(C2NC(=S)NC(C)=C2C(C)=O)c1OCc1cccc(Cl)c1. The van der Waals surface area contributed by atoms with E-state index in [1.165, 1.54) is 6.92 Å². The Morgan fingerprint density at radius 1 is 1.25 bits per heavy atom. The highest BCUT2D eigenvalue weighted by atomic mass is 35.5. The van der Waals surface area contributed by atoms with Gasteiger partial charge in [-0.05, 0) is 49.8 Å². The predicted octanol–water partition coefficient (Wildman–Crippen LogP) is 4.31. The van der Waals surface area contributed by atoms with Crippen LogP contribution in [0.2, 0.25) is 5.02 Å². The molecule has 0 fully saturated rings. The van der Waals surface area contributed by atoms with Crippen molar-refractivity contribution in [3.63, 3.8) is 0 Å². The molecule has 3 rings (SSSR count). The van der Waals surface area contributed by atoms with Crippen molar-refractivity contribution in [2.24, 2.45) is 0 Å². The molecule has 0 aromatic heterocycles. The van der Waals surface area contributed by atoms with Crippen molar-refractivity contribution in [2.45, 2.75) is 26.5 Å². The van der Waals surface area contributed by atoms with Crippen LogP contribution in [0.3, 0.4) is 0 Å². The average molecular weight is 417 g/mol. The third-order valence-electron chi connectivity index (χ3n) is 4.46. The molecule has 0 saturated heterocycles. The number of para-hydroxylation sites is 1. The molecule has 0 radical (unpaired) electrons. The summed E-state index contributed by atoms with van der Waals surface area (Å²) in [6.45, 7) is 3.68. The van der Waals surface area contributed by atoms with Crippen LogP contribution in [0.5, 0.6) is 11.5 Å². The number of carbonyl (C=O) groups is 1. The normalized spacial score (nSPS) is 16.3. The molecule has 0 aliphatic carbocycles. The number of benzene rings is 2. The molecule has 2 N–H and O–H groups in total. The fourth-order valence-electron chi connectivity index (χ4n) is 3.25. The lowest BCUT2D eigenvalue weighted by Gasteiger charge is -2.31. The molecule has 1 aliphatic heterocycles. The quantitative estimate of drug-likeness (QED) is 0.684. The van der Waals surface area contributed by atoms with Crippen molar-refractivity contribution in [3.8, 4) is 11.5 Å². The average Bonchev–Trinajstić information content (AvgIpc) is 2.65. The molecular formula is C21H21ClN2O3S. The van der Waals surface area contributed by atoms with E-state index in [1.807, 2.05) is 49.4 Å². The predicted molar refractivity (Wildman–Crippen MR) is 114 cm³/mol. The molecule has 0 spiro atoms. The molecule has 28 heavy (non-hydrogen) atoms. The Bertz CT molecular complexity index is 958. The van der Waals surface area contributed by atoms with E-state index in [4.69, 9.17) is 33.3 Å². The summed E-state index contributed by atoms with van der Waals surface area (Å²) < 4.78 is 11.6. The van der Waals surface area contributed by atoms with Gasteiger partial charge in [0.05, 0.1) is 13.2 Å². The number of Topliss-reactive ketones (excluding diaryl/α,β-unsaturated/α-hetero) is 1. The van der Waals surface area contributed by atoms with Gasteiger partial charge in [-0.15, -0.1) is 0 Å². The first-order valence-electron chi connectivity index (χ1n) is 8.74. The first-order chi connectivity index (χ1) is 13.4. The van der Waals surface area contributed by atoms with E-state index >= 15 is 0 Å². The van der Waals surface area contributed by atoms with Gasteiger partial charge in [0.25, 0.3) is 0 Å². The first-order valence-corrected chi connectivity index (χ1v) is 9.52. The second-order valence-electron chi connectivity index (χ2n) is 6.42. The summed E-state index contributed by atoms with van der Waals surface area (Å²) in [5.41, 5.74) is 3.03. The van der Waals surface area contributed by atoms with Gasteiger partial charge in [0, 0.05) is 21.9 Å². The topological polar surface area (TPSA) is 59.6 Å². The smallest absolute Gasteiger partial charge is 0.171 e. The number of hydrogen-bond donors (Lipinski definition) is 2. The van der Waals surface area contributed by atoms with Crippen molar-refractivity contribution < 1.29 is 14.3 Å². The van der Waals surface area contributed by atoms with Crippen LogP contribution in [0, 0.1) is 0 Å². The molecule has 146 valence electrons. The highest BCUT2D eigenvalue weighted by molar-refractivity contribution is 7.80. The van der Waals surface area contributed by atoms with Crippen LogP contribution >= 0.6 is 23.8 Å². The van der Waals surface area contributed by atoms with Gasteiger partial charge in [0.2, 0.25) is 0 Å². The number of ketones is 1. The molecule has 1 heterocycles. The summed E-state index contributed by atoms with van der Waals surface area (Å²) in [6.07, 6.45) is 0. The summed E-state index contributed by atoms with van der Waals surface area (Å²) in [5.74, 6) is 1.08. The van der Waals surface area contributed by atoms with Gasteiger partial charge in [-0.2, -0.15) is 0 Å². The minimum Gasteiger partial charge on any atom is -0.493 e. The number of halogens is 1. The van der Waals surface area contributed by atoms with Crippen LogP contribution in [0.25, 0.3) is 0 Å². The summed E-state index contributed by atoms with van der Waals surface area (Å²) in [7, 11) is 1.58. The van der Waals surface area contributed by atoms with Crippen LogP contribution in [-0.2, 0) is 11.4 Å². The van der Waals surface area contributed by atoms with Crippen molar-refractivity contribution >= 4 is 34.7 Å². The molecule has 0 bridgehead atoms. The Labute approximate surface area is 174 Å². The minimum absolute atomic E-state index is 0.0476. The van der Waals surface area contributed by atoms with Crippen molar-refractivity contribution in [2.75, 3.05) is 7.11 Å². The standard InChI is InChI=1S/C21H21ClN2O3S/c1-12-18(13(2)25)19(24-21(28)23-12)16-8-5-9-17(26-3)20(16)27-11-14-6-4-7-15(22)10-14/h4-10,19H,11H2,1-3H3,(H2,23,24,28). The molecule has 0 saturated carbocycles. The maximum Gasteiger partial charge on any atom is 0.171 e. The Hall–Kier alpha value is -2.57. The molecule has 0 amide bonds. The number of allylic oxidation sites excluding steroid dienone is 1. The molecule has 7 heteroatoms. The van der Waals surface area contributed by atoms with Gasteiger partial charge in [-0.25, -0.2) is 0 Å². The third kappa shape index (κ3) is 4.29. The second-order valence-corrected chi connectivity index (χ2v) is 7.27. The maximum atomic E-state index is 12.3. The fourth-order valence-corrected chi connectivity index (χ4v) is 3.74. The van der Waals surface area contributed by atoms with E-state index < -0.39 is 6.04 Å². The number of thiocarbonyl (C=S) groups is 1. The van der Waals surface area contributed by atoms with E-state index in [2.05, 4.69) is 10.6 Å². The van der Waals surface area contributed by atoms with E-state index in [0.717, 1.165) is 16.8 Å². The Morgan fingerprint density at radius 3 is 2.68 bits per heavy atom. The number of nitrogens with one attached hydrogen (secondary N) is 2. The molecular weight excluding hydrogens is 396 g/mol. The van der Waals surface area contributed by atoms with E-state index in [-0.39, 0.29) is 5.78 Å². The van der Waals surface area contributed by atoms with Crippen molar-refractivity contribution in [1.82, 2.24) is 10.6 Å². The minimum atomic E-state index is -0.435. The van der Waals surface area contributed by atoms with Gasteiger partial charge in [0.1, 0.15) is 6.61 Å². The second kappa shape index (κ2) is 8.63. The maximum absolute atomic E-state index is 12.3. The first kappa shape index (κ1) is 20.2. The van der Waals surface area contributed by atoms with Crippen molar-refractivity contribution in [1.29, 1.82) is 0 Å². The molecule has 5 nitrogen and oxygen atoms in total. The largest absolute Gasteiger partial charge is 0.493 e. The Kier molecular flexibility index (Phi) is 6.21. The molecule has 1 aliphatic rings. The lowest BCUT2D eigenvalue weighted by Crippen LogP contribution is -2.44. The van der Waals surface area contributed by atoms with E-state index in [9.17, 15) is 4.79 Å². The van der Waals surface area contributed by atoms with Crippen LogP contribution < -0.4 is 20.1 Å². The number of ether oxygens (including phenoxy) is 2. The Morgan fingerprint density at radius 2 is 2.00 bits per heavy atom. The molecule has 2 aromatic rings.